The highest BCUT2D eigenvalue weighted by Gasteiger charge is 2.30. The molecule has 0 aliphatic carbocycles. The summed E-state index contributed by atoms with van der Waals surface area (Å²) in [5, 5.41) is 9.02. The van der Waals surface area contributed by atoms with Gasteiger partial charge in [-0.25, -0.2) is 0 Å². The summed E-state index contributed by atoms with van der Waals surface area (Å²) in [6.07, 6.45) is 4.29. The molecule has 5 heteroatoms. The Morgan fingerprint density at radius 1 is 1.22 bits per heavy atom. The van der Waals surface area contributed by atoms with Crippen molar-refractivity contribution in [2.75, 3.05) is 26.7 Å². The number of amides is 1. The first kappa shape index (κ1) is 13.3. The maximum Gasteiger partial charge on any atom is 0.308 e. The predicted molar refractivity (Wildman–Crippen MR) is 67.2 cm³/mol. The number of carbonyl (C=O) groups excluding carboxylic acids is 1. The average molecular weight is 254 g/mol. The van der Waals surface area contributed by atoms with Crippen LogP contribution in [0, 0.1) is 5.92 Å². The minimum Gasteiger partial charge on any atom is -0.481 e. The fraction of sp³-hybridized carbons (Fsp3) is 0.846. The van der Waals surface area contributed by atoms with Crippen molar-refractivity contribution >= 4 is 11.9 Å². The maximum absolute atomic E-state index is 12.2. The summed E-state index contributed by atoms with van der Waals surface area (Å²) in [4.78, 5) is 27.1. The minimum atomic E-state index is -0.773. The number of aliphatic carboxylic acids is 1. The molecule has 0 radical (unpaired) electrons. The summed E-state index contributed by atoms with van der Waals surface area (Å²) < 4.78 is 0. The first-order chi connectivity index (χ1) is 8.58. The summed E-state index contributed by atoms with van der Waals surface area (Å²) in [7, 11) is 2.06. The lowest BCUT2D eigenvalue weighted by Gasteiger charge is -2.32. The maximum atomic E-state index is 12.2. The number of hydrogen-bond acceptors (Lipinski definition) is 3. The molecule has 0 spiro atoms. The van der Waals surface area contributed by atoms with E-state index in [1.807, 2.05) is 0 Å². The van der Waals surface area contributed by atoms with E-state index >= 15 is 0 Å². The van der Waals surface area contributed by atoms with E-state index in [-0.39, 0.29) is 11.8 Å². The van der Waals surface area contributed by atoms with E-state index in [0.29, 0.717) is 25.4 Å². The number of rotatable bonds is 3. The Kier molecular flexibility index (Phi) is 4.22. The Balaban J connectivity index is 1.86. The summed E-state index contributed by atoms with van der Waals surface area (Å²) >= 11 is 0. The van der Waals surface area contributed by atoms with Crippen LogP contribution in [0.2, 0.25) is 0 Å². The number of carbonyl (C=O) groups is 2. The highest BCUT2D eigenvalue weighted by molar-refractivity contribution is 5.78. The Hall–Kier alpha value is -1.10. The van der Waals surface area contributed by atoms with Crippen molar-refractivity contribution in [2.24, 2.45) is 5.92 Å². The van der Waals surface area contributed by atoms with Gasteiger partial charge < -0.3 is 14.9 Å². The lowest BCUT2D eigenvalue weighted by Crippen LogP contribution is -2.44. The van der Waals surface area contributed by atoms with Gasteiger partial charge in [-0.1, -0.05) is 0 Å². The van der Waals surface area contributed by atoms with Crippen LogP contribution < -0.4 is 0 Å². The second-order valence-corrected chi connectivity index (χ2v) is 5.50. The molecule has 2 rings (SSSR count). The number of likely N-dealkylation sites (tertiary alicyclic amines) is 2. The van der Waals surface area contributed by atoms with Gasteiger partial charge >= 0.3 is 5.97 Å². The predicted octanol–water partition coefficient (Wildman–Crippen LogP) is 0.794. The van der Waals surface area contributed by atoms with Crippen molar-refractivity contribution in [2.45, 2.75) is 38.1 Å². The summed E-state index contributed by atoms with van der Waals surface area (Å²) in [5.74, 6) is -1.02. The van der Waals surface area contributed by atoms with E-state index in [4.69, 9.17) is 5.11 Å². The van der Waals surface area contributed by atoms with E-state index in [2.05, 4.69) is 11.9 Å². The summed E-state index contributed by atoms with van der Waals surface area (Å²) in [6.45, 7) is 2.18. The van der Waals surface area contributed by atoms with Crippen LogP contribution in [0.5, 0.6) is 0 Å². The van der Waals surface area contributed by atoms with Crippen LogP contribution in [0.1, 0.15) is 32.1 Å². The summed E-state index contributed by atoms with van der Waals surface area (Å²) in [6, 6.07) is 0.350. The van der Waals surface area contributed by atoms with Crippen molar-refractivity contribution < 1.29 is 14.7 Å². The zero-order chi connectivity index (χ0) is 13.1. The molecule has 2 aliphatic heterocycles. The number of carboxylic acids is 1. The van der Waals surface area contributed by atoms with Crippen molar-refractivity contribution in [3.8, 4) is 0 Å². The van der Waals surface area contributed by atoms with E-state index in [0.717, 1.165) is 32.4 Å². The van der Waals surface area contributed by atoms with Crippen molar-refractivity contribution in [1.29, 1.82) is 0 Å². The zero-order valence-electron chi connectivity index (χ0n) is 11.0. The van der Waals surface area contributed by atoms with Crippen molar-refractivity contribution in [3.05, 3.63) is 0 Å². The largest absolute Gasteiger partial charge is 0.481 e. The first-order valence-corrected chi connectivity index (χ1v) is 6.78. The lowest BCUT2D eigenvalue weighted by atomic mass is 9.97. The Morgan fingerprint density at radius 3 is 2.56 bits per heavy atom. The molecule has 18 heavy (non-hydrogen) atoms. The quantitative estimate of drug-likeness (QED) is 0.809. The number of nitrogens with zero attached hydrogens (tertiary/aromatic N) is 2. The molecule has 2 aliphatic rings. The first-order valence-electron chi connectivity index (χ1n) is 6.78. The van der Waals surface area contributed by atoms with Gasteiger partial charge in [0.1, 0.15) is 0 Å². The average Bonchev–Trinajstić information content (AvgIpc) is 2.75. The summed E-state index contributed by atoms with van der Waals surface area (Å²) in [5.41, 5.74) is 0. The molecule has 0 aromatic heterocycles. The standard InChI is InChI=1S/C13H22N2O3/c1-14-6-3-5-11(14)8-12(16)15-7-2-4-10(9-15)13(17)18/h10-11H,2-9H2,1H3,(H,17,18). The molecule has 2 atom stereocenters. The fourth-order valence-electron chi connectivity index (χ4n) is 2.97. The molecule has 2 fully saturated rings. The number of piperidine rings is 1. The van der Waals surface area contributed by atoms with Crippen molar-refractivity contribution in [3.63, 3.8) is 0 Å². The Labute approximate surface area is 108 Å². The van der Waals surface area contributed by atoms with Gasteiger partial charge in [0.05, 0.1) is 5.92 Å². The second kappa shape index (κ2) is 5.69. The Bertz CT molecular complexity index is 332. The van der Waals surface area contributed by atoms with Crippen LogP contribution in [-0.2, 0) is 9.59 Å². The number of carboxylic acid groups (broad SMARTS) is 1. The molecular weight excluding hydrogens is 232 g/mol. The van der Waals surface area contributed by atoms with Crippen LogP contribution in [0.3, 0.4) is 0 Å². The molecule has 0 bridgehead atoms. The van der Waals surface area contributed by atoms with Gasteiger partial charge in [-0.2, -0.15) is 0 Å². The molecule has 5 nitrogen and oxygen atoms in total. The highest BCUT2D eigenvalue weighted by atomic mass is 16.4. The van der Waals surface area contributed by atoms with E-state index in [1.165, 1.54) is 0 Å². The molecule has 2 heterocycles. The van der Waals surface area contributed by atoms with Crippen LogP contribution >= 0.6 is 0 Å². The molecule has 0 saturated carbocycles. The van der Waals surface area contributed by atoms with Gasteiger partial charge in [-0.15, -0.1) is 0 Å². The lowest BCUT2D eigenvalue weighted by molar-refractivity contribution is -0.145. The molecule has 0 aromatic rings. The molecule has 102 valence electrons. The highest BCUT2D eigenvalue weighted by Crippen LogP contribution is 2.22. The second-order valence-electron chi connectivity index (χ2n) is 5.50. The third-order valence-electron chi connectivity index (χ3n) is 4.21. The van der Waals surface area contributed by atoms with Gasteiger partial charge in [0.15, 0.2) is 0 Å². The molecule has 1 N–H and O–H groups in total. The zero-order valence-corrected chi connectivity index (χ0v) is 11.0. The molecule has 1 amide bonds. The van der Waals surface area contributed by atoms with E-state index in [1.54, 1.807) is 4.90 Å². The third-order valence-corrected chi connectivity index (χ3v) is 4.21. The smallest absolute Gasteiger partial charge is 0.308 e. The van der Waals surface area contributed by atoms with Crippen LogP contribution in [0.4, 0.5) is 0 Å². The van der Waals surface area contributed by atoms with Gasteiger partial charge in [-0.3, -0.25) is 9.59 Å². The van der Waals surface area contributed by atoms with Crippen molar-refractivity contribution in [1.82, 2.24) is 9.80 Å². The molecular formula is C13H22N2O3. The molecule has 2 unspecified atom stereocenters. The topological polar surface area (TPSA) is 60.9 Å². The van der Waals surface area contributed by atoms with Crippen LogP contribution in [-0.4, -0.2) is 59.5 Å². The van der Waals surface area contributed by atoms with Crippen LogP contribution in [0.15, 0.2) is 0 Å². The molecule has 0 aromatic carbocycles. The third kappa shape index (κ3) is 3.02. The normalized spacial score (nSPS) is 29.5. The molecule has 2 saturated heterocycles. The van der Waals surface area contributed by atoms with Crippen LogP contribution in [0.25, 0.3) is 0 Å². The monoisotopic (exact) mass is 254 g/mol. The SMILES string of the molecule is CN1CCCC1CC(=O)N1CCCC(C(=O)O)C1. The fourth-order valence-corrected chi connectivity index (χ4v) is 2.97. The van der Waals surface area contributed by atoms with Gasteiger partial charge in [-0.05, 0) is 39.3 Å². The van der Waals surface area contributed by atoms with E-state index < -0.39 is 5.97 Å². The van der Waals surface area contributed by atoms with Gasteiger partial charge in [0.25, 0.3) is 0 Å². The Morgan fingerprint density at radius 2 is 1.94 bits per heavy atom. The van der Waals surface area contributed by atoms with Gasteiger partial charge in [0, 0.05) is 25.6 Å². The van der Waals surface area contributed by atoms with E-state index in [9.17, 15) is 9.59 Å². The minimum absolute atomic E-state index is 0.125. The van der Waals surface area contributed by atoms with Gasteiger partial charge in [0.2, 0.25) is 5.91 Å². The number of hydrogen-bond donors (Lipinski definition) is 1.